The zero-order chi connectivity index (χ0) is 22.2. The lowest BCUT2D eigenvalue weighted by Gasteiger charge is -2.13. The number of aromatic amines is 1. The summed E-state index contributed by atoms with van der Waals surface area (Å²) in [5, 5.41) is 1.65. The monoisotopic (exact) mass is 533 g/mol. The first-order valence-corrected chi connectivity index (χ1v) is 11.2. The zero-order valence-electron chi connectivity index (χ0n) is 17.6. The van der Waals surface area contributed by atoms with Gasteiger partial charge in [-0.3, -0.25) is 9.36 Å². The van der Waals surface area contributed by atoms with E-state index in [-0.39, 0.29) is 5.56 Å². The summed E-state index contributed by atoms with van der Waals surface area (Å²) >= 11 is 2.22. The summed E-state index contributed by atoms with van der Waals surface area (Å²) in [6, 6.07) is 19.5. The number of benzene rings is 3. The van der Waals surface area contributed by atoms with Gasteiger partial charge in [-0.1, -0.05) is 18.2 Å². The number of aromatic nitrogens is 3. The third-order valence-electron chi connectivity index (χ3n) is 5.55. The Bertz CT molecular complexity index is 1560. The van der Waals surface area contributed by atoms with E-state index >= 15 is 0 Å². The quantitative estimate of drug-likeness (QED) is 0.290. The topological polar surface area (TPSA) is 59.9 Å². The van der Waals surface area contributed by atoms with Gasteiger partial charge in [0.1, 0.15) is 11.6 Å². The third-order valence-corrected chi connectivity index (χ3v) is 6.22. The zero-order valence-corrected chi connectivity index (χ0v) is 19.8. The molecule has 0 saturated heterocycles. The van der Waals surface area contributed by atoms with Crippen LogP contribution in [0.2, 0.25) is 0 Å². The average molecular weight is 533 g/mol. The molecule has 6 heteroatoms. The van der Waals surface area contributed by atoms with Crippen molar-refractivity contribution in [2.45, 2.75) is 6.92 Å². The number of nitrogens with one attached hydrogen (secondary N) is 1. The second-order valence-corrected chi connectivity index (χ2v) is 8.79. The summed E-state index contributed by atoms with van der Waals surface area (Å²) in [5.41, 5.74) is 4.44. The van der Waals surface area contributed by atoms with Crippen molar-refractivity contribution < 1.29 is 4.74 Å². The highest BCUT2D eigenvalue weighted by Gasteiger charge is 2.13. The smallest absolute Gasteiger partial charge is 0.266 e. The maximum atomic E-state index is 13.6. The van der Waals surface area contributed by atoms with Gasteiger partial charge in [0.15, 0.2) is 0 Å². The average Bonchev–Trinajstić information content (AvgIpc) is 3.21. The van der Waals surface area contributed by atoms with E-state index in [4.69, 9.17) is 9.72 Å². The minimum atomic E-state index is -0.0805. The maximum absolute atomic E-state index is 13.6. The van der Waals surface area contributed by atoms with E-state index in [1.807, 2.05) is 85.9 Å². The van der Waals surface area contributed by atoms with Crippen molar-refractivity contribution >= 4 is 56.5 Å². The Labute approximate surface area is 198 Å². The molecule has 0 spiro atoms. The van der Waals surface area contributed by atoms with Crippen molar-refractivity contribution in [1.29, 1.82) is 0 Å². The highest BCUT2D eigenvalue weighted by Crippen LogP contribution is 2.25. The molecule has 0 fully saturated rings. The number of rotatable bonds is 4. The van der Waals surface area contributed by atoms with Crippen molar-refractivity contribution in [2.75, 3.05) is 7.11 Å². The van der Waals surface area contributed by atoms with Gasteiger partial charge in [-0.2, -0.15) is 0 Å². The number of methoxy groups -OCH3 is 1. The van der Waals surface area contributed by atoms with Gasteiger partial charge in [0.25, 0.3) is 5.56 Å². The molecule has 0 atom stereocenters. The summed E-state index contributed by atoms with van der Waals surface area (Å²) < 4.78 is 8.07. The van der Waals surface area contributed by atoms with Crippen LogP contribution in [-0.2, 0) is 0 Å². The molecule has 32 heavy (non-hydrogen) atoms. The molecule has 1 N–H and O–H groups in total. The van der Waals surface area contributed by atoms with Crippen LogP contribution in [0.25, 0.3) is 39.6 Å². The summed E-state index contributed by atoms with van der Waals surface area (Å²) in [6.45, 7) is 2.00. The van der Waals surface area contributed by atoms with Gasteiger partial charge < -0.3 is 9.72 Å². The molecule has 0 saturated carbocycles. The van der Waals surface area contributed by atoms with Gasteiger partial charge in [-0.15, -0.1) is 0 Å². The van der Waals surface area contributed by atoms with E-state index in [9.17, 15) is 4.79 Å². The van der Waals surface area contributed by atoms with Gasteiger partial charge in [0.2, 0.25) is 0 Å². The molecule has 0 amide bonds. The SMILES string of the molecule is COc1ccc2[nH]cc(/C=C/c3nc4ccc(I)cc4c(=O)n3-c3ccccc3C)c2c1. The van der Waals surface area contributed by atoms with Crippen LogP contribution in [-0.4, -0.2) is 21.6 Å². The summed E-state index contributed by atoms with van der Waals surface area (Å²) in [4.78, 5) is 21.7. The van der Waals surface area contributed by atoms with Gasteiger partial charge in [0, 0.05) is 26.2 Å². The Balaban J connectivity index is 1.73. The first-order chi connectivity index (χ1) is 15.5. The Morgan fingerprint density at radius 1 is 1.03 bits per heavy atom. The molecule has 0 unspecified atom stereocenters. The Morgan fingerprint density at radius 3 is 2.69 bits per heavy atom. The van der Waals surface area contributed by atoms with Crippen LogP contribution in [0, 0.1) is 10.5 Å². The van der Waals surface area contributed by atoms with Crippen LogP contribution >= 0.6 is 22.6 Å². The minimum absolute atomic E-state index is 0.0805. The van der Waals surface area contributed by atoms with Crippen molar-refractivity contribution in [1.82, 2.24) is 14.5 Å². The molecule has 2 heterocycles. The molecule has 0 aliphatic rings. The number of halogens is 1. The second-order valence-electron chi connectivity index (χ2n) is 7.55. The highest BCUT2D eigenvalue weighted by atomic mass is 127. The predicted octanol–water partition coefficient (Wildman–Crippen LogP) is 5.96. The first kappa shape index (κ1) is 20.5. The molecule has 0 bridgehead atoms. The lowest BCUT2D eigenvalue weighted by atomic mass is 10.1. The number of aryl methyl sites for hydroxylation is 1. The van der Waals surface area contributed by atoms with Crippen LogP contribution in [0.4, 0.5) is 0 Å². The van der Waals surface area contributed by atoms with Gasteiger partial charge in [-0.05, 0) is 89.7 Å². The van der Waals surface area contributed by atoms with E-state index in [1.54, 1.807) is 11.7 Å². The summed E-state index contributed by atoms with van der Waals surface area (Å²) in [6.07, 6.45) is 5.82. The lowest BCUT2D eigenvalue weighted by molar-refractivity contribution is 0.415. The standard InChI is InChI=1S/C26H20IN3O2/c1-16-5-3-4-6-24(16)30-25(29-23-10-8-18(27)13-21(23)26(30)31)12-7-17-15-28-22-11-9-19(32-2)14-20(17)22/h3-15,28H,1-2H3/b12-7+. The molecule has 3 aromatic carbocycles. The Morgan fingerprint density at radius 2 is 1.88 bits per heavy atom. The molecule has 0 radical (unpaired) electrons. The molecule has 5 nitrogen and oxygen atoms in total. The van der Waals surface area contributed by atoms with Crippen LogP contribution in [0.1, 0.15) is 17.0 Å². The van der Waals surface area contributed by atoms with E-state index < -0.39 is 0 Å². The van der Waals surface area contributed by atoms with E-state index in [0.29, 0.717) is 16.7 Å². The van der Waals surface area contributed by atoms with Crippen LogP contribution in [0.15, 0.2) is 71.7 Å². The number of ether oxygens (including phenoxy) is 1. The largest absolute Gasteiger partial charge is 0.497 e. The molecule has 5 aromatic rings. The predicted molar refractivity (Wildman–Crippen MR) is 139 cm³/mol. The molecular formula is C26H20IN3O2. The number of hydrogen-bond donors (Lipinski definition) is 1. The Kier molecular flexibility index (Phi) is 5.30. The van der Waals surface area contributed by atoms with E-state index in [0.717, 1.165) is 37.0 Å². The summed E-state index contributed by atoms with van der Waals surface area (Å²) in [5.74, 6) is 1.37. The fraction of sp³-hybridized carbons (Fsp3) is 0.0769. The molecule has 158 valence electrons. The number of nitrogens with zero attached hydrogens (tertiary/aromatic N) is 2. The fourth-order valence-electron chi connectivity index (χ4n) is 3.88. The van der Waals surface area contributed by atoms with Crippen LogP contribution < -0.4 is 10.3 Å². The minimum Gasteiger partial charge on any atom is -0.497 e. The van der Waals surface area contributed by atoms with E-state index in [2.05, 4.69) is 27.6 Å². The number of para-hydroxylation sites is 1. The number of hydrogen-bond acceptors (Lipinski definition) is 3. The number of fused-ring (bicyclic) bond motifs is 2. The summed E-state index contributed by atoms with van der Waals surface area (Å²) in [7, 11) is 1.66. The van der Waals surface area contributed by atoms with Gasteiger partial charge in [0.05, 0.1) is 23.7 Å². The Hall–Kier alpha value is -3.39. The van der Waals surface area contributed by atoms with Crippen molar-refractivity contribution in [3.63, 3.8) is 0 Å². The normalized spacial score (nSPS) is 11.6. The van der Waals surface area contributed by atoms with Crippen molar-refractivity contribution in [3.8, 4) is 11.4 Å². The van der Waals surface area contributed by atoms with Gasteiger partial charge >= 0.3 is 0 Å². The highest BCUT2D eigenvalue weighted by molar-refractivity contribution is 14.1. The molecule has 5 rings (SSSR count). The molecule has 0 aliphatic carbocycles. The third kappa shape index (κ3) is 3.60. The fourth-order valence-corrected chi connectivity index (χ4v) is 4.38. The van der Waals surface area contributed by atoms with Gasteiger partial charge in [-0.25, -0.2) is 4.98 Å². The second kappa shape index (κ2) is 8.27. The molecular weight excluding hydrogens is 513 g/mol. The van der Waals surface area contributed by atoms with Crippen molar-refractivity contribution in [2.24, 2.45) is 0 Å². The van der Waals surface area contributed by atoms with Crippen molar-refractivity contribution in [3.05, 3.63) is 97.7 Å². The van der Waals surface area contributed by atoms with Crippen LogP contribution in [0.3, 0.4) is 0 Å². The molecule has 0 aliphatic heterocycles. The van der Waals surface area contributed by atoms with E-state index in [1.165, 1.54) is 0 Å². The maximum Gasteiger partial charge on any atom is 0.266 e. The number of H-pyrrole nitrogens is 1. The van der Waals surface area contributed by atoms with Crippen LogP contribution in [0.5, 0.6) is 5.75 Å². The molecule has 2 aromatic heterocycles. The lowest BCUT2D eigenvalue weighted by Crippen LogP contribution is -2.23. The first-order valence-electron chi connectivity index (χ1n) is 10.2.